The highest BCUT2D eigenvalue weighted by atomic mass is 15.2. The number of rotatable bonds is 8. The van der Waals surface area contributed by atoms with E-state index in [0.717, 1.165) is 45.1 Å². The van der Waals surface area contributed by atoms with E-state index < -0.39 is 0 Å². The number of nitrogens with zero attached hydrogens (tertiary/aromatic N) is 2. The number of guanidine groups is 1. The van der Waals surface area contributed by atoms with Crippen LogP contribution in [0.3, 0.4) is 0 Å². The average Bonchev–Trinajstić information content (AvgIpc) is 2.92. The molecule has 0 heterocycles. The van der Waals surface area contributed by atoms with Gasteiger partial charge in [0.1, 0.15) is 0 Å². The van der Waals surface area contributed by atoms with E-state index in [1.54, 1.807) is 0 Å². The molecule has 0 spiro atoms. The second kappa shape index (κ2) is 10.1. The Bertz CT molecular complexity index is 243. The van der Waals surface area contributed by atoms with Crippen molar-refractivity contribution >= 4 is 5.96 Å². The van der Waals surface area contributed by atoms with Gasteiger partial charge in [0.15, 0.2) is 5.96 Å². The molecule has 0 aromatic heterocycles. The molecule has 1 fully saturated rings. The molecule has 0 aromatic carbocycles. The molecule has 0 bridgehead atoms. The summed E-state index contributed by atoms with van der Waals surface area (Å²) in [5, 5.41) is 6.91. The van der Waals surface area contributed by atoms with E-state index in [4.69, 9.17) is 0 Å². The topological polar surface area (TPSA) is 39.7 Å². The minimum atomic E-state index is 0.639. The molecular formula is C15H32N4. The Balaban J connectivity index is 2.27. The molecule has 1 rings (SSSR count). The van der Waals surface area contributed by atoms with Gasteiger partial charge in [0, 0.05) is 19.1 Å². The lowest BCUT2D eigenvalue weighted by Crippen LogP contribution is -2.42. The van der Waals surface area contributed by atoms with Crippen molar-refractivity contribution in [1.82, 2.24) is 15.5 Å². The molecular weight excluding hydrogens is 236 g/mol. The predicted molar refractivity (Wildman–Crippen MR) is 83.8 cm³/mol. The molecule has 0 atom stereocenters. The van der Waals surface area contributed by atoms with Gasteiger partial charge in [-0.1, -0.05) is 26.7 Å². The smallest absolute Gasteiger partial charge is 0.191 e. The first-order valence-corrected chi connectivity index (χ1v) is 8.07. The van der Waals surface area contributed by atoms with Gasteiger partial charge < -0.3 is 15.5 Å². The predicted octanol–water partition coefficient (Wildman–Crippen LogP) is 2.22. The number of aliphatic imine (C=N–C) groups is 1. The van der Waals surface area contributed by atoms with Gasteiger partial charge in [-0.3, -0.25) is 4.99 Å². The summed E-state index contributed by atoms with van der Waals surface area (Å²) in [5.74, 6) is 1.01. The molecule has 1 aliphatic carbocycles. The third-order valence-electron chi connectivity index (χ3n) is 3.84. The molecule has 1 saturated carbocycles. The van der Waals surface area contributed by atoms with Crippen LogP contribution in [0.25, 0.3) is 0 Å². The largest absolute Gasteiger partial charge is 0.357 e. The van der Waals surface area contributed by atoms with E-state index in [2.05, 4.69) is 41.3 Å². The summed E-state index contributed by atoms with van der Waals surface area (Å²) in [7, 11) is 0. The van der Waals surface area contributed by atoms with Gasteiger partial charge in [0.05, 0.1) is 0 Å². The number of hydrogen-bond acceptors (Lipinski definition) is 2. The highest BCUT2D eigenvalue weighted by Crippen LogP contribution is 2.17. The molecule has 2 N–H and O–H groups in total. The Kier molecular flexibility index (Phi) is 8.63. The van der Waals surface area contributed by atoms with Crippen LogP contribution in [-0.4, -0.2) is 49.6 Å². The second-order valence-electron chi connectivity index (χ2n) is 5.27. The Morgan fingerprint density at radius 1 is 1.16 bits per heavy atom. The highest BCUT2D eigenvalue weighted by molar-refractivity contribution is 5.80. The van der Waals surface area contributed by atoms with Crippen molar-refractivity contribution in [2.75, 3.05) is 32.7 Å². The van der Waals surface area contributed by atoms with Crippen LogP contribution < -0.4 is 10.6 Å². The van der Waals surface area contributed by atoms with Gasteiger partial charge in [-0.15, -0.1) is 0 Å². The summed E-state index contributed by atoms with van der Waals surface area (Å²) >= 11 is 0. The zero-order valence-electron chi connectivity index (χ0n) is 13.0. The molecule has 4 nitrogen and oxygen atoms in total. The van der Waals surface area contributed by atoms with E-state index in [1.165, 1.54) is 25.7 Å². The first-order chi connectivity index (χ1) is 9.30. The molecule has 0 unspecified atom stereocenters. The fourth-order valence-corrected chi connectivity index (χ4v) is 2.61. The lowest BCUT2D eigenvalue weighted by Gasteiger charge is -2.18. The van der Waals surface area contributed by atoms with E-state index in [1.807, 2.05) is 0 Å². The third-order valence-corrected chi connectivity index (χ3v) is 3.84. The second-order valence-corrected chi connectivity index (χ2v) is 5.27. The summed E-state index contributed by atoms with van der Waals surface area (Å²) in [6.45, 7) is 11.9. The van der Waals surface area contributed by atoms with Crippen LogP contribution >= 0.6 is 0 Å². The SMILES string of the molecule is CCNC(=NCCCN(CC)CC)NC1CCCC1. The van der Waals surface area contributed by atoms with Crippen molar-refractivity contribution in [2.24, 2.45) is 4.99 Å². The van der Waals surface area contributed by atoms with Crippen LogP contribution in [0.4, 0.5) is 0 Å². The van der Waals surface area contributed by atoms with Gasteiger partial charge in [0.2, 0.25) is 0 Å². The molecule has 0 amide bonds. The van der Waals surface area contributed by atoms with Crippen LogP contribution in [0.2, 0.25) is 0 Å². The Hall–Kier alpha value is -0.770. The third kappa shape index (κ3) is 6.81. The van der Waals surface area contributed by atoms with Gasteiger partial charge in [-0.2, -0.15) is 0 Å². The van der Waals surface area contributed by atoms with Gasteiger partial charge >= 0.3 is 0 Å². The maximum absolute atomic E-state index is 4.69. The normalized spacial score (nSPS) is 17.2. The van der Waals surface area contributed by atoms with E-state index >= 15 is 0 Å². The maximum Gasteiger partial charge on any atom is 0.191 e. The molecule has 0 saturated heterocycles. The van der Waals surface area contributed by atoms with Crippen LogP contribution in [0.1, 0.15) is 52.9 Å². The summed E-state index contributed by atoms with van der Waals surface area (Å²) in [5.41, 5.74) is 0. The highest BCUT2D eigenvalue weighted by Gasteiger charge is 2.15. The zero-order chi connectivity index (χ0) is 13.9. The molecule has 19 heavy (non-hydrogen) atoms. The zero-order valence-corrected chi connectivity index (χ0v) is 13.0. The van der Waals surface area contributed by atoms with Crippen molar-refractivity contribution in [3.8, 4) is 0 Å². The number of hydrogen-bond donors (Lipinski definition) is 2. The Labute approximate surface area is 119 Å². The van der Waals surface area contributed by atoms with Crippen molar-refractivity contribution in [1.29, 1.82) is 0 Å². The van der Waals surface area contributed by atoms with Crippen molar-refractivity contribution < 1.29 is 0 Å². The standard InChI is InChI=1S/C15H32N4/c1-4-16-15(18-14-10-7-8-11-14)17-12-9-13-19(5-2)6-3/h14H,4-13H2,1-3H3,(H2,16,17,18). The quantitative estimate of drug-likeness (QED) is 0.403. The van der Waals surface area contributed by atoms with Crippen molar-refractivity contribution in [2.45, 2.75) is 58.9 Å². The molecule has 1 aliphatic rings. The van der Waals surface area contributed by atoms with E-state index in [9.17, 15) is 0 Å². The Morgan fingerprint density at radius 2 is 1.84 bits per heavy atom. The average molecular weight is 268 g/mol. The van der Waals surface area contributed by atoms with Crippen LogP contribution in [-0.2, 0) is 0 Å². The van der Waals surface area contributed by atoms with Crippen LogP contribution in [0, 0.1) is 0 Å². The molecule has 0 radical (unpaired) electrons. The number of nitrogens with one attached hydrogen (secondary N) is 2. The van der Waals surface area contributed by atoms with Gasteiger partial charge in [-0.25, -0.2) is 0 Å². The van der Waals surface area contributed by atoms with Gasteiger partial charge in [0.25, 0.3) is 0 Å². The van der Waals surface area contributed by atoms with Crippen LogP contribution in [0.5, 0.6) is 0 Å². The van der Waals surface area contributed by atoms with E-state index in [0.29, 0.717) is 6.04 Å². The summed E-state index contributed by atoms with van der Waals surface area (Å²) in [6.07, 6.45) is 6.45. The minimum absolute atomic E-state index is 0.639. The Morgan fingerprint density at radius 3 is 2.42 bits per heavy atom. The minimum Gasteiger partial charge on any atom is -0.357 e. The lowest BCUT2D eigenvalue weighted by atomic mass is 10.2. The molecule has 112 valence electrons. The van der Waals surface area contributed by atoms with Crippen LogP contribution in [0.15, 0.2) is 4.99 Å². The van der Waals surface area contributed by atoms with Crippen molar-refractivity contribution in [3.63, 3.8) is 0 Å². The van der Waals surface area contributed by atoms with Gasteiger partial charge in [-0.05, 0) is 45.8 Å². The summed E-state index contributed by atoms with van der Waals surface area (Å²) in [4.78, 5) is 7.14. The first-order valence-electron chi connectivity index (χ1n) is 8.07. The lowest BCUT2D eigenvalue weighted by molar-refractivity contribution is 0.302. The summed E-state index contributed by atoms with van der Waals surface area (Å²) < 4.78 is 0. The van der Waals surface area contributed by atoms with Crippen molar-refractivity contribution in [3.05, 3.63) is 0 Å². The fraction of sp³-hybridized carbons (Fsp3) is 0.933. The fourth-order valence-electron chi connectivity index (χ4n) is 2.61. The van der Waals surface area contributed by atoms with E-state index in [-0.39, 0.29) is 0 Å². The summed E-state index contributed by atoms with van der Waals surface area (Å²) in [6, 6.07) is 0.639. The molecule has 0 aliphatic heterocycles. The molecule has 0 aromatic rings. The molecule has 4 heteroatoms. The monoisotopic (exact) mass is 268 g/mol. The first kappa shape index (κ1) is 16.3. The maximum atomic E-state index is 4.69.